The highest BCUT2D eigenvalue weighted by Crippen LogP contribution is 2.37. The summed E-state index contributed by atoms with van der Waals surface area (Å²) >= 11 is 0. The minimum Gasteiger partial charge on any atom is -0.491 e. The summed E-state index contributed by atoms with van der Waals surface area (Å²) in [7, 11) is 0. The quantitative estimate of drug-likeness (QED) is 0.874. The van der Waals surface area contributed by atoms with Crippen molar-refractivity contribution in [2.45, 2.75) is 19.4 Å². The van der Waals surface area contributed by atoms with Crippen molar-refractivity contribution in [1.29, 1.82) is 0 Å². The fraction of sp³-hybridized carbons (Fsp3) is 0.368. The van der Waals surface area contributed by atoms with Gasteiger partial charge in [-0.05, 0) is 30.2 Å². The Morgan fingerprint density at radius 1 is 1.09 bits per heavy atom. The van der Waals surface area contributed by atoms with Gasteiger partial charge < -0.3 is 15.0 Å². The summed E-state index contributed by atoms with van der Waals surface area (Å²) in [5, 5.41) is 3.50. The first-order chi connectivity index (χ1) is 10.8. The van der Waals surface area contributed by atoms with Crippen LogP contribution in [0.25, 0.3) is 11.1 Å². The van der Waals surface area contributed by atoms with Crippen LogP contribution in [-0.4, -0.2) is 32.3 Å². The van der Waals surface area contributed by atoms with E-state index in [1.807, 2.05) is 0 Å². The number of nitrogens with zero attached hydrogens (tertiary/aromatic N) is 1. The van der Waals surface area contributed by atoms with Crippen LogP contribution in [0.5, 0.6) is 5.75 Å². The van der Waals surface area contributed by atoms with Crippen molar-refractivity contribution in [2.75, 3.05) is 31.1 Å². The lowest BCUT2D eigenvalue weighted by Crippen LogP contribution is -2.51. The predicted molar refractivity (Wildman–Crippen MR) is 90.7 cm³/mol. The number of anilines is 1. The zero-order valence-corrected chi connectivity index (χ0v) is 13.0. The minimum absolute atomic E-state index is 0.545. The molecule has 2 heterocycles. The molecular formula is C19H22N2O. The number of hydrogen-bond donors (Lipinski definition) is 1. The molecule has 22 heavy (non-hydrogen) atoms. The number of aryl methyl sites for hydroxylation is 1. The van der Waals surface area contributed by atoms with Gasteiger partial charge in [0.15, 0.2) is 0 Å². The van der Waals surface area contributed by atoms with E-state index in [0.29, 0.717) is 6.04 Å². The van der Waals surface area contributed by atoms with E-state index in [1.54, 1.807) is 0 Å². The lowest BCUT2D eigenvalue weighted by Gasteiger charge is -2.36. The smallest absolute Gasteiger partial charge is 0.142 e. The van der Waals surface area contributed by atoms with Crippen LogP contribution < -0.4 is 15.0 Å². The largest absolute Gasteiger partial charge is 0.491 e. The number of fused-ring (bicyclic) bond motifs is 3. The molecule has 0 spiro atoms. The highest BCUT2D eigenvalue weighted by Gasteiger charge is 2.27. The number of piperazine rings is 1. The molecule has 1 atom stereocenters. The van der Waals surface area contributed by atoms with E-state index in [2.05, 4.69) is 59.6 Å². The standard InChI is InChI=1S/C19H22N2O/c1-14-2-4-15(5-3-14)16-6-7-19-18(12-16)21-10-9-20-13-17(21)8-11-22-19/h2-7,12,17,20H,8-11,13H2,1H3. The van der Waals surface area contributed by atoms with E-state index in [1.165, 1.54) is 22.4 Å². The summed E-state index contributed by atoms with van der Waals surface area (Å²) in [6, 6.07) is 15.9. The molecule has 2 aromatic carbocycles. The fourth-order valence-electron chi connectivity index (χ4n) is 3.43. The predicted octanol–water partition coefficient (Wildman–Crippen LogP) is 3.22. The second-order valence-electron chi connectivity index (χ2n) is 6.24. The van der Waals surface area contributed by atoms with Crippen LogP contribution in [-0.2, 0) is 0 Å². The zero-order chi connectivity index (χ0) is 14.9. The van der Waals surface area contributed by atoms with Gasteiger partial charge in [-0.2, -0.15) is 0 Å². The number of hydrogen-bond acceptors (Lipinski definition) is 3. The molecule has 2 aromatic rings. The van der Waals surface area contributed by atoms with E-state index < -0.39 is 0 Å². The van der Waals surface area contributed by atoms with Gasteiger partial charge in [0.1, 0.15) is 5.75 Å². The number of benzene rings is 2. The molecule has 2 aliphatic rings. The van der Waals surface area contributed by atoms with Gasteiger partial charge in [-0.3, -0.25) is 0 Å². The summed E-state index contributed by atoms with van der Waals surface area (Å²) < 4.78 is 5.98. The molecule has 2 aliphatic heterocycles. The summed E-state index contributed by atoms with van der Waals surface area (Å²) in [5.74, 6) is 1.03. The van der Waals surface area contributed by atoms with Crippen molar-refractivity contribution >= 4 is 5.69 Å². The molecule has 4 rings (SSSR count). The Bertz CT molecular complexity index is 666. The van der Waals surface area contributed by atoms with Gasteiger partial charge in [-0.1, -0.05) is 35.9 Å². The average Bonchev–Trinajstić information content (AvgIpc) is 2.74. The molecule has 3 heteroatoms. The van der Waals surface area contributed by atoms with Crippen molar-refractivity contribution in [3.63, 3.8) is 0 Å². The third-order valence-corrected chi connectivity index (χ3v) is 4.71. The van der Waals surface area contributed by atoms with Gasteiger partial charge in [-0.15, -0.1) is 0 Å². The van der Waals surface area contributed by atoms with Crippen LogP contribution in [0.15, 0.2) is 42.5 Å². The molecule has 1 fully saturated rings. The highest BCUT2D eigenvalue weighted by atomic mass is 16.5. The number of rotatable bonds is 1. The van der Waals surface area contributed by atoms with Crippen molar-refractivity contribution < 1.29 is 4.74 Å². The summed E-state index contributed by atoms with van der Waals surface area (Å²) in [4.78, 5) is 2.52. The molecule has 0 aliphatic carbocycles. The number of ether oxygens (including phenoxy) is 1. The third kappa shape index (κ3) is 2.46. The van der Waals surface area contributed by atoms with Crippen molar-refractivity contribution in [3.05, 3.63) is 48.0 Å². The van der Waals surface area contributed by atoms with E-state index in [9.17, 15) is 0 Å². The van der Waals surface area contributed by atoms with E-state index in [-0.39, 0.29) is 0 Å². The third-order valence-electron chi connectivity index (χ3n) is 4.71. The van der Waals surface area contributed by atoms with Crippen LogP contribution in [0.2, 0.25) is 0 Å². The average molecular weight is 294 g/mol. The van der Waals surface area contributed by atoms with Crippen molar-refractivity contribution in [3.8, 4) is 16.9 Å². The molecule has 1 N–H and O–H groups in total. The number of nitrogens with one attached hydrogen (secondary N) is 1. The Morgan fingerprint density at radius 3 is 2.77 bits per heavy atom. The van der Waals surface area contributed by atoms with E-state index >= 15 is 0 Å². The Balaban J connectivity index is 1.75. The van der Waals surface area contributed by atoms with Crippen LogP contribution in [0.1, 0.15) is 12.0 Å². The first-order valence-electron chi connectivity index (χ1n) is 8.12. The van der Waals surface area contributed by atoms with Crippen LogP contribution in [0, 0.1) is 6.92 Å². The van der Waals surface area contributed by atoms with Gasteiger partial charge in [0.05, 0.1) is 12.3 Å². The molecule has 0 saturated carbocycles. The van der Waals surface area contributed by atoms with Crippen LogP contribution in [0.3, 0.4) is 0 Å². The molecule has 114 valence electrons. The van der Waals surface area contributed by atoms with Crippen molar-refractivity contribution in [1.82, 2.24) is 5.32 Å². The maximum absolute atomic E-state index is 5.98. The fourth-order valence-corrected chi connectivity index (χ4v) is 3.43. The summed E-state index contributed by atoms with van der Waals surface area (Å²) in [6.07, 6.45) is 1.08. The van der Waals surface area contributed by atoms with Crippen LogP contribution in [0.4, 0.5) is 5.69 Å². The Labute approximate surface area is 131 Å². The molecule has 0 amide bonds. The van der Waals surface area contributed by atoms with Gasteiger partial charge >= 0.3 is 0 Å². The molecule has 1 unspecified atom stereocenters. The molecule has 3 nitrogen and oxygen atoms in total. The lowest BCUT2D eigenvalue weighted by molar-refractivity contribution is 0.304. The Morgan fingerprint density at radius 2 is 1.91 bits per heavy atom. The summed E-state index contributed by atoms with van der Waals surface area (Å²) in [5.41, 5.74) is 5.08. The molecule has 0 aromatic heterocycles. The zero-order valence-electron chi connectivity index (χ0n) is 13.0. The highest BCUT2D eigenvalue weighted by molar-refractivity contribution is 5.73. The molecule has 0 radical (unpaired) electrons. The van der Waals surface area contributed by atoms with Gasteiger partial charge in [0.25, 0.3) is 0 Å². The lowest BCUT2D eigenvalue weighted by atomic mass is 10.0. The second kappa shape index (κ2) is 5.65. The van der Waals surface area contributed by atoms with Gasteiger partial charge in [0, 0.05) is 32.1 Å². The normalized spacial score (nSPS) is 20.6. The van der Waals surface area contributed by atoms with E-state index in [0.717, 1.165) is 38.4 Å². The first-order valence-corrected chi connectivity index (χ1v) is 8.12. The first kappa shape index (κ1) is 13.6. The van der Waals surface area contributed by atoms with Crippen molar-refractivity contribution in [2.24, 2.45) is 0 Å². The van der Waals surface area contributed by atoms with Gasteiger partial charge in [-0.25, -0.2) is 0 Å². The van der Waals surface area contributed by atoms with E-state index in [4.69, 9.17) is 4.74 Å². The Hall–Kier alpha value is -2.00. The molecular weight excluding hydrogens is 272 g/mol. The molecule has 1 saturated heterocycles. The van der Waals surface area contributed by atoms with Crippen LogP contribution >= 0.6 is 0 Å². The topological polar surface area (TPSA) is 24.5 Å². The molecule has 0 bridgehead atoms. The maximum Gasteiger partial charge on any atom is 0.142 e. The van der Waals surface area contributed by atoms with Gasteiger partial charge in [0.2, 0.25) is 0 Å². The SMILES string of the molecule is Cc1ccc(-c2ccc3c(c2)N2CCNCC2CCO3)cc1. The summed E-state index contributed by atoms with van der Waals surface area (Å²) in [6.45, 7) is 6.08. The maximum atomic E-state index is 5.98. The second-order valence-corrected chi connectivity index (χ2v) is 6.24. The minimum atomic E-state index is 0.545. The monoisotopic (exact) mass is 294 g/mol. The Kier molecular flexibility index (Phi) is 3.51.